The molecule has 0 spiro atoms. The van der Waals surface area contributed by atoms with E-state index in [1.165, 1.54) is 0 Å². The molecule has 26 heavy (non-hydrogen) atoms. The Morgan fingerprint density at radius 1 is 1.23 bits per heavy atom. The maximum atomic E-state index is 12.5. The summed E-state index contributed by atoms with van der Waals surface area (Å²) in [7, 11) is 1.80. The highest BCUT2D eigenvalue weighted by Gasteiger charge is 2.38. The van der Waals surface area contributed by atoms with E-state index in [2.05, 4.69) is 15.7 Å². The highest BCUT2D eigenvalue weighted by atomic mass is 16.2. The van der Waals surface area contributed by atoms with Gasteiger partial charge in [0.25, 0.3) is 5.91 Å². The number of likely N-dealkylation sites (N-methyl/N-ethyl adjacent to an activating group) is 1. The summed E-state index contributed by atoms with van der Waals surface area (Å²) < 4.78 is 1.69. The number of aromatic nitrogens is 2. The average Bonchev–Trinajstić information content (AvgIpc) is 3.10. The number of para-hydroxylation sites is 1. The van der Waals surface area contributed by atoms with Gasteiger partial charge in [-0.05, 0) is 19.9 Å². The number of aryl methyl sites for hydroxylation is 1. The van der Waals surface area contributed by atoms with E-state index in [0.717, 1.165) is 16.9 Å². The van der Waals surface area contributed by atoms with Crippen LogP contribution in [0.3, 0.4) is 0 Å². The average molecular weight is 355 g/mol. The van der Waals surface area contributed by atoms with Crippen molar-refractivity contribution in [1.82, 2.24) is 20.4 Å². The van der Waals surface area contributed by atoms with Gasteiger partial charge in [-0.1, -0.05) is 18.2 Å². The van der Waals surface area contributed by atoms with Crippen LogP contribution in [0.25, 0.3) is 0 Å². The van der Waals surface area contributed by atoms with Gasteiger partial charge in [0, 0.05) is 42.6 Å². The molecule has 0 fully saturated rings. The summed E-state index contributed by atoms with van der Waals surface area (Å²) in [6.07, 6.45) is 1.64. The second-order valence-electron chi connectivity index (χ2n) is 6.11. The predicted octanol–water partition coefficient (Wildman–Crippen LogP) is 0.569. The zero-order valence-electron chi connectivity index (χ0n) is 14.9. The minimum atomic E-state index is -0.843. The maximum Gasteiger partial charge on any atom is 0.310 e. The smallest absolute Gasteiger partial charge is 0.310 e. The minimum Gasteiger partial charge on any atom is -0.344 e. The molecule has 3 amide bonds. The van der Waals surface area contributed by atoms with Crippen molar-refractivity contribution in [2.45, 2.75) is 26.4 Å². The number of amides is 3. The first kappa shape index (κ1) is 17.7. The number of hydrogen-bond acceptors (Lipinski definition) is 4. The van der Waals surface area contributed by atoms with Gasteiger partial charge in [0.1, 0.15) is 6.04 Å². The highest BCUT2D eigenvalue weighted by Crippen LogP contribution is 2.35. The summed E-state index contributed by atoms with van der Waals surface area (Å²) in [4.78, 5) is 38.5. The Hall–Kier alpha value is -3.16. The SMILES string of the molecule is CCN1C(=O)C(NC(=O)C(=O)NCc2cnn(C)c2C)c2ccccc21. The fourth-order valence-corrected chi connectivity index (χ4v) is 3.02. The molecular weight excluding hydrogens is 334 g/mol. The molecule has 8 nitrogen and oxygen atoms in total. The molecule has 1 aliphatic rings. The Kier molecular flexibility index (Phi) is 4.75. The molecule has 1 aliphatic heterocycles. The lowest BCUT2D eigenvalue weighted by atomic mass is 10.1. The topological polar surface area (TPSA) is 96.3 Å². The Morgan fingerprint density at radius 3 is 2.62 bits per heavy atom. The molecule has 2 aromatic rings. The number of nitrogens with one attached hydrogen (secondary N) is 2. The van der Waals surface area contributed by atoms with Gasteiger partial charge in [0.05, 0.1) is 6.20 Å². The highest BCUT2D eigenvalue weighted by molar-refractivity contribution is 6.35. The van der Waals surface area contributed by atoms with Crippen molar-refractivity contribution in [3.05, 3.63) is 47.3 Å². The van der Waals surface area contributed by atoms with Crippen molar-refractivity contribution in [3.63, 3.8) is 0 Å². The standard InChI is InChI=1S/C18H21N5O3/c1-4-23-14-8-6-5-7-13(14)15(18(23)26)21-17(25)16(24)19-9-12-10-20-22(3)11(12)2/h5-8,10,15H,4,9H2,1-3H3,(H,19,24)(H,21,25). The molecule has 1 atom stereocenters. The zero-order chi connectivity index (χ0) is 18.8. The van der Waals surface area contributed by atoms with Crippen molar-refractivity contribution in [2.24, 2.45) is 7.05 Å². The van der Waals surface area contributed by atoms with Crippen LogP contribution in [-0.2, 0) is 28.0 Å². The lowest BCUT2D eigenvalue weighted by molar-refractivity contribution is -0.140. The van der Waals surface area contributed by atoms with Gasteiger partial charge in [-0.3, -0.25) is 19.1 Å². The molecule has 1 aromatic heterocycles. The number of hydrogen-bond donors (Lipinski definition) is 2. The number of fused-ring (bicyclic) bond motifs is 1. The van der Waals surface area contributed by atoms with E-state index in [0.29, 0.717) is 12.1 Å². The number of benzene rings is 1. The van der Waals surface area contributed by atoms with Crippen molar-refractivity contribution in [3.8, 4) is 0 Å². The number of carbonyl (C=O) groups excluding carboxylic acids is 3. The van der Waals surface area contributed by atoms with Crippen LogP contribution < -0.4 is 15.5 Å². The molecule has 1 aromatic carbocycles. The van der Waals surface area contributed by atoms with E-state index in [4.69, 9.17) is 0 Å². The Bertz CT molecular complexity index is 873. The van der Waals surface area contributed by atoms with E-state index >= 15 is 0 Å². The minimum absolute atomic E-state index is 0.197. The van der Waals surface area contributed by atoms with E-state index in [9.17, 15) is 14.4 Å². The summed E-state index contributed by atoms with van der Waals surface area (Å²) in [5.74, 6) is -1.86. The number of nitrogens with zero attached hydrogens (tertiary/aromatic N) is 3. The van der Waals surface area contributed by atoms with Crippen molar-refractivity contribution in [2.75, 3.05) is 11.4 Å². The largest absolute Gasteiger partial charge is 0.344 e. The lowest BCUT2D eigenvalue weighted by Crippen LogP contribution is -2.44. The molecule has 0 saturated heterocycles. The van der Waals surface area contributed by atoms with Crippen LogP contribution in [-0.4, -0.2) is 34.0 Å². The van der Waals surface area contributed by atoms with E-state index < -0.39 is 17.9 Å². The van der Waals surface area contributed by atoms with E-state index in [-0.39, 0.29) is 12.5 Å². The number of rotatable bonds is 4. The fourth-order valence-electron chi connectivity index (χ4n) is 3.02. The first-order valence-electron chi connectivity index (χ1n) is 8.40. The molecule has 2 N–H and O–H groups in total. The van der Waals surface area contributed by atoms with Gasteiger partial charge in [0.15, 0.2) is 0 Å². The Morgan fingerprint density at radius 2 is 1.96 bits per heavy atom. The molecule has 0 radical (unpaired) electrons. The third kappa shape index (κ3) is 3.05. The van der Waals surface area contributed by atoms with Crippen LogP contribution in [0, 0.1) is 6.92 Å². The summed E-state index contributed by atoms with van der Waals surface area (Å²) in [6.45, 7) is 4.43. The van der Waals surface area contributed by atoms with Gasteiger partial charge >= 0.3 is 11.8 Å². The van der Waals surface area contributed by atoms with Gasteiger partial charge in [0.2, 0.25) is 0 Å². The van der Waals surface area contributed by atoms with Crippen LogP contribution in [0.15, 0.2) is 30.5 Å². The first-order valence-corrected chi connectivity index (χ1v) is 8.40. The Balaban J connectivity index is 1.67. The third-order valence-corrected chi connectivity index (χ3v) is 4.63. The van der Waals surface area contributed by atoms with Crippen LogP contribution in [0.5, 0.6) is 0 Å². The predicted molar refractivity (Wildman–Crippen MR) is 95.1 cm³/mol. The molecule has 0 bridgehead atoms. The molecule has 136 valence electrons. The molecule has 0 saturated carbocycles. The first-order chi connectivity index (χ1) is 12.4. The normalized spacial score (nSPS) is 15.7. The van der Waals surface area contributed by atoms with E-state index in [1.807, 2.05) is 26.0 Å². The van der Waals surface area contributed by atoms with Gasteiger partial charge in [-0.2, -0.15) is 5.10 Å². The molecule has 3 rings (SSSR count). The van der Waals surface area contributed by atoms with Gasteiger partial charge in [-0.25, -0.2) is 0 Å². The van der Waals surface area contributed by atoms with Crippen molar-refractivity contribution < 1.29 is 14.4 Å². The second-order valence-corrected chi connectivity index (χ2v) is 6.11. The molecule has 2 heterocycles. The van der Waals surface area contributed by atoms with Crippen LogP contribution in [0.4, 0.5) is 5.69 Å². The van der Waals surface area contributed by atoms with E-state index in [1.54, 1.807) is 35.0 Å². The summed E-state index contributed by atoms with van der Waals surface area (Å²) in [6, 6.07) is 6.40. The lowest BCUT2D eigenvalue weighted by Gasteiger charge is -2.15. The zero-order valence-corrected chi connectivity index (χ0v) is 14.9. The third-order valence-electron chi connectivity index (χ3n) is 4.63. The summed E-state index contributed by atoms with van der Waals surface area (Å²) >= 11 is 0. The second kappa shape index (κ2) is 6.99. The van der Waals surface area contributed by atoms with Crippen LogP contribution in [0.1, 0.15) is 29.8 Å². The maximum absolute atomic E-state index is 12.5. The van der Waals surface area contributed by atoms with Crippen molar-refractivity contribution >= 4 is 23.4 Å². The van der Waals surface area contributed by atoms with Gasteiger partial charge < -0.3 is 15.5 Å². The molecule has 8 heteroatoms. The summed E-state index contributed by atoms with van der Waals surface area (Å²) in [5, 5.41) is 9.19. The number of carbonyl (C=O) groups is 3. The number of anilines is 1. The van der Waals surface area contributed by atoms with Gasteiger partial charge in [-0.15, -0.1) is 0 Å². The quantitative estimate of drug-likeness (QED) is 0.784. The monoisotopic (exact) mass is 355 g/mol. The summed E-state index contributed by atoms with van der Waals surface area (Å²) in [5.41, 5.74) is 3.19. The molecule has 0 aliphatic carbocycles. The van der Waals surface area contributed by atoms with Crippen LogP contribution >= 0.6 is 0 Å². The Labute approximate surface area is 151 Å². The fraction of sp³-hybridized carbons (Fsp3) is 0.333. The van der Waals surface area contributed by atoms with Crippen LogP contribution in [0.2, 0.25) is 0 Å². The molecular formula is C18H21N5O3. The van der Waals surface area contributed by atoms with Crippen molar-refractivity contribution in [1.29, 1.82) is 0 Å². The molecule has 1 unspecified atom stereocenters.